The van der Waals surface area contributed by atoms with E-state index < -0.39 is 30.0 Å². The minimum atomic E-state index is -5.81. The average molecular weight is 236 g/mol. The lowest BCUT2D eigenvalue weighted by Gasteiger charge is -2.21. The summed E-state index contributed by atoms with van der Waals surface area (Å²) in [5.74, 6) is -1.80. The molecular weight excluding hydrogens is 230 g/mol. The maximum atomic E-state index is 12.3. The Morgan fingerprint density at radius 2 is 1.67 bits per heavy atom. The number of hydrogen-bond donors (Lipinski definition) is 0. The predicted octanol–water partition coefficient (Wildman–Crippen LogP) is 2.60. The van der Waals surface area contributed by atoms with Gasteiger partial charge in [0.05, 0.1) is 0 Å². The molecule has 0 spiro atoms. The summed E-state index contributed by atoms with van der Waals surface area (Å²) in [5, 5.41) is 0. The molecule has 0 saturated heterocycles. The van der Waals surface area contributed by atoms with Gasteiger partial charge in [-0.05, 0) is 6.92 Å². The highest BCUT2D eigenvalue weighted by Crippen LogP contribution is 2.35. The van der Waals surface area contributed by atoms with Crippen molar-refractivity contribution in [3.63, 3.8) is 0 Å². The van der Waals surface area contributed by atoms with Crippen molar-refractivity contribution in [3.05, 3.63) is 12.2 Å². The van der Waals surface area contributed by atoms with Crippen molar-refractivity contribution in [2.24, 2.45) is 0 Å². The van der Waals surface area contributed by atoms with Gasteiger partial charge in [0.2, 0.25) is 0 Å². The molecule has 8 heteroatoms. The van der Waals surface area contributed by atoms with Crippen LogP contribution in [0.3, 0.4) is 0 Å². The quantitative estimate of drug-likeness (QED) is 0.427. The minimum absolute atomic E-state index is 0.566. The highest BCUT2D eigenvalue weighted by atomic mass is 19.4. The van der Waals surface area contributed by atoms with Crippen molar-refractivity contribution in [1.29, 1.82) is 0 Å². The van der Waals surface area contributed by atoms with Crippen LogP contribution in [-0.4, -0.2) is 24.4 Å². The van der Waals surface area contributed by atoms with E-state index >= 15 is 0 Å². The molecule has 2 nitrogen and oxygen atoms in total. The first kappa shape index (κ1) is 13.8. The lowest BCUT2D eigenvalue weighted by Crippen LogP contribution is -2.44. The Morgan fingerprint density at radius 1 is 1.27 bits per heavy atom. The van der Waals surface area contributed by atoms with Gasteiger partial charge < -0.3 is 4.74 Å². The van der Waals surface area contributed by atoms with Crippen LogP contribution in [0.2, 0.25) is 0 Å². The third kappa shape index (κ3) is 3.80. The van der Waals surface area contributed by atoms with Gasteiger partial charge in [0.1, 0.15) is 0 Å². The molecule has 0 aliphatic heterocycles. The summed E-state index contributed by atoms with van der Waals surface area (Å²) in [6, 6.07) is 0. The van der Waals surface area contributed by atoms with E-state index in [1.165, 1.54) is 0 Å². The Hall–Kier alpha value is -1.21. The molecule has 0 aromatic carbocycles. The van der Waals surface area contributed by atoms with E-state index in [4.69, 9.17) is 0 Å². The molecule has 0 heterocycles. The maximum absolute atomic E-state index is 12.3. The smallest absolute Gasteiger partial charge is 0.395 e. The van der Waals surface area contributed by atoms with Gasteiger partial charge in [-0.25, -0.2) is 9.18 Å². The number of alkyl halides is 6. The molecule has 0 N–H and O–H groups in total. The van der Waals surface area contributed by atoms with Gasteiger partial charge in [0.15, 0.2) is 0 Å². The SMILES string of the molecule is C=C(C)C(=O)OC(F)(F)C(F)C(F)(F)F. The minimum Gasteiger partial charge on any atom is -0.395 e. The molecule has 0 amide bonds. The van der Waals surface area contributed by atoms with Crippen LogP contribution in [0.1, 0.15) is 6.92 Å². The standard InChI is InChI=1S/C7H6F6O2/c1-3(2)4(14)15-7(12,13)5(8)6(9,10)11/h5H,1H2,2H3. The molecule has 1 unspecified atom stereocenters. The van der Waals surface area contributed by atoms with Gasteiger partial charge in [-0.1, -0.05) is 6.58 Å². The summed E-state index contributed by atoms with van der Waals surface area (Å²) < 4.78 is 74.4. The molecule has 0 aliphatic rings. The predicted molar refractivity (Wildman–Crippen MR) is 36.8 cm³/mol. The van der Waals surface area contributed by atoms with Gasteiger partial charge in [0.25, 0.3) is 6.17 Å². The molecule has 15 heavy (non-hydrogen) atoms. The van der Waals surface area contributed by atoms with Crippen molar-refractivity contribution in [3.8, 4) is 0 Å². The topological polar surface area (TPSA) is 26.3 Å². The van der Waals surface area contributed by atoms with Crippen molar-refractivity contribution in [2.75, 3.05) is 0 Å². The van der Waals surface area contributed by atoms with Crippen molar-refractivity contribution in [1.82, 2.24) is 0 Å². The summed E-state index contributed by atoms with van der Waals surface area (Å²) in [6.45, 7) is 3.78. The van der Waals surface area contributed by atoms with E-state index in [-0.39, 0.29) is 0 Å². The van der Waals surface area contributed by atoms with Crippen LogP contribution in [0, 0.1) is 0 Å². The molecular formula is C7H6F6O2. The van der Waals surface area contributed by atoms with Gasteiger partial charge >= 0.3 is 18.3 Å². The molecule has 0 bridgehead atoms. The van der Waals surface area contributed by atoms with Crippen LogP contribution in [0.4, 0.5) is 26.3 Å². The Kier molecular flexibility index (Phi) is 3.78. The molecule has 0 aromatic rings. The van der Waals surface area contributed by atoms with Crippen LogP contribution in [0.25, 0.3) is 0 Å². The molecule has 0 fully saturated rings. The molecule has 0 aliphatic carbocycles. The fourth-order valence-electron chi connectivity index (χ4n) is 0.453. The second-order valence-corrected chi connectivity index (χ2v) is 2.64. The fraction of sp³-hybridized carbons (Fsp3) is 0.571. The zero-order valence-electron chi connectivity index (χ0n) is 7.37. The number of hydrogen-bond acceptors (Lipinski definition) is 2. The first-order valence-corrected chi connectivity index (χ1v) is 3.46. The van der Waals surface area contributed by atoms with Crippen molar-refractivity contribution in [2.45, 2.75) is 25.4 Å². The molecule has 0 rings (SSSR count). The van der Waals surface area contributed by atoms with E-state index in [0.29, 0.717) is 0 Å². The highest BCUT2D eigenvalue weighted by Gasteiger charge is 2.60. The van der Waals surface area contributed by atoms with Crippen molar-refractivity contribution >= 4 is 5.97 Å². The highest BCUT2D eigenvalue weighted by molar-refractivity contribution is 5.87. The van der Waals surface area contributed by atoms with Gasteiger partial charge in [-0.15, -0.1) is 0 Å². The second-order valence-electron chi connectivity index (χ2n) is 2.64. The van der Waals surface area contributed by atoms with Gasteiger partial charge in [-0.3, -0.25) is 0 Å². The number of ether oxygens (including phenoxy) is 1. The van der Waals surface area contributed by atoms with Crippen molar-refractivity contribution < 1.29 is 35.9 Å². The van der Waals surface area contributed by atoms with Gasteiger partial charge in [0, 0.05) is 5.57 Å². The summed E-state index contributed by atoms with van der Waals surface area (Å²) in [4.78, 5) is 10.5. The number of rotatable bonds is 3. The Morgan fingerprint density at radius 3 is 1.93 bits per heavy atom. The zero-order valence-corrected chi connectivity index (χ0v) is 7.37. The summed E-state index contributed by atoms with van der Waals surface area (Å²) in [7, 11) is 0. The van der Waals surface area contributed by atoms with E-state index in [1.807, 2.05) is 0 Å². The van der Waals surface area contributed by atoms with E-state index in [9.17, 15) is 31.1 Å². The number of halogens is 6. The third-order valence-electron chi connectivity index (χ3n) is 1.16. The molecule has 1 atom stereocenters. The van der Waals surface area contributed by atoms with E-state index in [1.54, 1.807) is 0 Å². The van der Waals surface area contributed by atoms with E-state index in [0.717, 1.165) is 6.92 Å². The lowest BCUT2D eigenvalue weighted by atomic mass is 10.3. The average Bonchev–Trinajstić information content (AvgIpc) is 2.00. The second kappa shape index (κ2) is 4.11. The number of esters is 1. The lowest BCUT2D eigenvalue weighted by molar-refractivity contribution is -0.320. The zero-order chi connectivity index (χ0) is 12.4. The van der Waals surface area contributed by atoms with Crippen LogP contribution < -0.4 is 0 Å². The Balaban J connectivity index is 4.69. The normalized spacial score (nSPS) is 14.6. The molecule has 88 valence electrons. The monoisotopic (exact) mass is 236 g/mol. The number of carbonyl (C=O) groups excluding carboxylic acids is 1. The molecule has 0 saturated carbocycles. The van der Waals surface area contributed by atoms with Crippen LogP contribution in [0.15, 0.2) is 12.2 Å². The van der Waals surface area contributed by atoms with Crippen LogP contribution in [-0.2, 0) is 9.53 Å². The summed E-state index contributed by atoms with van der Waals surface area (Å²) >= 11 is 0. The first-order chi connectivity index (χ1) is 6.48. The first-order valence-electron chi connectivity index (χ1n) is 3.46. The summed E-state index contributed by atoms with van der Waals surface area (Å²) in [5.41, 5.74) is -0.566. The Bertz CT molecular complexity index is 269. The van der Waals surface area contributed by atoms with Crippen LogP contribution >= 0.6 is 0 Å². The summed E-state index contributed by atoms with van der Waals surface area (Å²) in [6.07, 6.45) is -15.6. The van der Waals surface area contributed by atoms with E-state index in [2.05, 4.69) is 11.3 Å². The fourth-order valence-corrected chi connectivity index (χ4v) is 0.453. The third-order valence-corrected chi connectivity index (χ3v) is 1.16. The molecule has 0 aromatic heterocycles. The van der Waals surface area contributed by atoms with Crippen LogP contribution in [0.5, 0.6) is 0 Å². The van der Waals surface area contributed by atoms with Gasteiger partial charge in [-0.2, -0.15) is 22.0 Å². The largest absolute Gasteiger partial charge is 0.441 e. The Labute approximate surface area is 80.5 Å². The number of carbonyl (C=O) groups is 1. The molecule has 0 radical (unpaired) electrons. The maximum Gasteiger partial charge on any atom is 0.441 e.